The van der Waals surface area contributed by atoms with Gasteiger partial charge in [0, 0.05) is 25.5 Å². The third-order valence-corrected chi connectivity index (χ3v) is 7.16. The van der Waals surface area contributed by atoms with Crippen LogP contribution in [0.25, 0.3) is 0 Å². The summed E-state index contributed by atoms with van der Waals surface area (Å²) in [5.74, 6) is -0.292. The minimum atomic E-state index is -3.67. The predicted molar refractivity (Wildman–Crippen MR) is 100 cm³/mol. The van der Waals surface area contributed by atoms with Crippen LogP contribution in [0.5, 0.6) is 0 Å². The van der Waals surface area contributed by atoms with E-state index in [1.807, 2.05) is 30.3 Å². The molecule has 2 aromatic rings. The van der Waals surface area contributed by atoms with Crippen LogP contribution in [0.3, 0.4) is 0 Å². The molecule has 1 aromatic heterocycles. The van der Waals surface area contributed by atoms with Crippen LogP contribution in [-0.4, -0.2) is 53.2 Å². The number of carbonyl (C=O) groups excluding carboxylic acids is 2. The van der Waals surface area contributed by atoms with E-state index in [0.29, 0.717) is 0 Å². The van der Waals surface area contributed by atoms with Gasteiger partial charge in [-0.15, -0.1) is 0 Å². The van der Waals surface area contributed by atoms with Crippen LogP contribution in [0.2, 0.25) is 0 Å². The number of pyridine rings is 1. The summed E-state index contributed by atoms with van der Waals surface area (Å²) in [6.45, 7) is 0.510. The lowest BCUT2D eigenvalue weighted by Crippen LogP contribution is -2.55. The molecule has 9 heteroatoms. The third kappa shape index (κ3) is 3.16. The molecule has 2 saturated heterocycles. The van der Waals surface area contributed by atoms with Crippen molar-refractivity contribution in [2.24, 2.45) is 0 Å². The van der Waals surface area contributed by atoms with E-state index in [1.54, 1.807) is 6.07 Å². The number of hydrogen-bond donors (Lipinski definition) is 1. The van der Waals surface area contributed by atoms with Gasteiger partial charge in [-0.05, 0) is 30.5 Å². The molecular weight excluding hydrogens is 380 g/mol. The van der Waals surface area contributed by atoms with Crippen LogP contribution in [0.15, 0.2) is 59.8 Å². The highest BCUT2D eigenvalue weighted by molar-refractivity contribution is 7.89. The van der Waals surface area contributed by atoms with Crippen molar-refractivity contribution in [3.05, 3.63) is 60.4 Å². The van der Waals surface area contributed by atoms with E-state index < -0.39 is 21.6 Å². The van der Waals surface area contributed by atoms with Crippen molar-refractivity contribution in [3.8, 4) is 0 Å². The molecule has 146 valence electrons. The molecular formula is C19H20N4O4S. The number of benzene rings is 1. The number of urea groups is 1. The number of nitrogens with zero attached hydrogens (tertiary/aromatic N) is 3. The summed E-state index contributed by atoms with van der Waals surface area (Å²) in [7, 11) is -3.67. The largest absolute Gasteiger partial charge is 0.325 e. The number of amides is 3. The number of rotatable bonds is 4. The second kappa shape index (κ2) is 6.99. The first-order chi connectivity index (χ1) is 13.4. The molecule has 1 N–H and O–H groups in total. The summed E-state index contributed by atoms with van der Waals surface area (Å²) in [5.41, 5.74) is -0.174. The van der Waals surface area contributed by atoms with Crippen molar-refractivity contribution in [2.45, 2.75) is 29.8 Å². The summed E-state index contributed by atoms with van der Waals surface area (Å²) < 4.78 is 26.8. The molecule has 3 heterocycles. The van der Waals surface area contributed by atoms with E-state index in [2.05, 4.69) is 10.3 Å². The average Bonchev–Trinajstić information content (AvgIpc) is 2.94. The predicted octanol–water partition coefficient (Wildman–Crippen LogP) is 1.36. The molecule has 0 bridgehead atoms. The van der Waals surface area contributed by atoms with E-state index in [-0.39, 0.29) is 43.3 Å². The van der Waals surface area contributed by atoms with Gasteiger partial charge in [-0.1, -0.05) is 30.3 Å². The Kier molecular flexibility index (Phi) is 4.64. The number of carbonyl (C=O) groups is 2. The molecule has 1 spiro atoms. The Morgan fingerprint density at radius 1 is 1.04 bits per heavy atom. The van der Waals surface area contributed by atoms with Gasteiger partial charge in [0.25, 0.3) is 5.91 Å². The van der Waals surface area contributed by atoms with E-state index >= 15 is 0 Å². The van der Waals surface area contributed by atoms with Crippen molar-refractivity contribution >= 4 is 22.0 Å². The summed E-state index contributed by atoms with van der Waals surface area (Å²) in [6.07, 6.45) is 3.30. The molecule has 1 aromatic carbocycles. The van der Waals surface area contributed by atoms with Crippen molar-refractivity contribution in [3.63, 3.8) is 0 Å². The van der Waals surface area contributed by atoms with Gasteiger partial charge < -0.3 is 5.32 Å². The number of sulfonamides is 1. The highest BCUT2D eigenvalue weighted by Gasteiger charge is 2.53. The topological polar surface area (TPSA) is 99.7 Å². The van der Waals surface area contributed by atoms with E-state index in [1.165, 1.54) is 27.7 Å². The van der Waals surface area contributed by atoms with E-state index in [9.17, 15) is 18.0 Å². The Balaban J connectivity index is 1.48. The number of piperidine rings is 1. The summed E-state index contributed by atoms with van der Waals surface area (Å²) in [4.78, 5) is 30.6. The first-order valence-corrected chi connectivity index (χ1v) is 10.4. The van der Waals surface area contributed by atoms with Gasteiger partial charge in [-0.2, -0.15) is 4.31 Å². The first kappa shape index (κ1) is 18.6. The minimum Gasteiger partial charge on any atom is -0.323 e. The summed E-state index contributed by atoms with van der Waals surface area (Å²) >= 11 is 0. The zero-order valence-corrected chi connectivity index (χ0v) is 15.9. The van der Waals surface area contributed by atoms with Crippen molar-refractivity contribution in [2.75, 3.05) is 13.1 Å². The zero-order valence-electron chi connectivity index (χ0n) is 15.1. The first-order valence-electron chi connectivity index (χ1n) is 9.01. The number of aromatic nitrogens is 1. The second-order valence-electron chi connectivity index (χ2n) is 6.98. The lowest BCUT2D eigenvalue weighted by Gasteiger charge is -2.36. The fourth-order valence-corrected chi connectivity index (χ4v) is 5.09. The quantitative estimate of drug-likeness (QED) is 0.781. The molecule has 2 fully saturated rings. The Morgan fingerprint density at radius 2 is 1.75 bits per heavy atom. The number of nitrogens with one attached hydrogen (secondary N) is 1. The molecule has 2 aliphatic rings. The number of imide groups is 1. The van der Waals surface area contributed by atoms with Crippen LogP contribution in [0, 0.1) is 0 Å². The molecule has 0 saturated carbocycles. The third-order valence-electron chi connectivity index (χ3n) is 5.28. The van der Waals surface area contributed by atoms with Crippen LogP contribution in [0.1, 0.15) is 18.4 Å². The summed E-state index contributed by atoms with van der Waals surface area (Å²) in [6, 6.07) is 11.9. The molecule has 8 nitrogen and oxygen atoms in total. The van der Waals surface area contributed by atoms with Crippen molar-refractivity contribution < 1.29 is 18.0 Å². The zero-order chi connectivity index (χ0) is 19.8. The molecule has 3 amide bonds. The molecule has 4 rings (SSSR count). The fourth-order valence-electron chi connectivity index (χ4n) is 3.68. The van der Waals surface area contributed by atoms with Gasteiger partial charge >= 0.3 is 6.03 Å². The van der Waals surface area contributed by atoms with Gasteiger partial charge in [0.05, 0.1) is 6.54 Å². The Morgan fingerprint density at radius 3 is 2.39 bits per heavy atom. The second-order valence-corrected chi connectivity index (χ2v) is 8.92. The van der Waals surface area contributed by atoms with E-state index in [0.717, 1.165) is 5.56 Å². The van der Waals surface area contributed by atoms with Crippen LogP contribution >= 0.6 is 0 Å². The molecule has 0 atom stereocenters. The smallest absolute Gasteiger partial charge is 0.323 e. The highest BCUT2D eigenvalue weighted by Crippen LogP contribution is 2.32. The molecule has 0 aliphatic carbocycles. The maximum absolute atomic E-state index is 13.0. The van der Waals surface area contributed by atoms with Crippen LogP contribution in [-0.2, 0) is 21.4 Å². The highest BCUT2D eigenvalue weighted by atomic mass is 32.2. The summed E-state index contributed by atoms with van der Waals surface area (Å²) in [5, 5.41) is 2.80. The SMILES string of the molecule is O=C1NC2(CCN(S(=O)(=O)c3cccnc3)CC2)C(=O)N1Cc1ccccc1. The molecule has 0 unspecified atom stereocenters. The Bertz CT molecular complexity index is 987. The maximum Gasteiger partial charge on any atom is 0.325 e. The maximum atomic E-state index is 13.0. The van der Waals surface area contributed by atoms with Gasteiger partial charge in [0.2, 0.25) is 10.0 Å². The lowest BCUT2D eigenvalue weighted by atomic mass is 9.88. The van der Waals surface area contributed by atoms with Gasteiger partial charge in [-0.25, -0.2) is 13.2 Å². The molecule has 0 radical (unpaired) electrons. The standard InChI is InChI=1S/C19H20N4O4S/c24-17-19(21-18(25)23(17)14-15-5-2-1-3-6-15)8-11-22(12-9-19)28(26,27)16-7-4-10-20-13-16/h1-7,10,13H,8-9,11-12,14H2,(H,21,25). The van der Waals surface area contributed by atoms with Crippen LogP contribution in [0.4, 0.5) is 4.79 Å². The number of hydrogen-bond acceptors (Lipinski definition) is 5. The van der Waals surface area contributed by atoms with Gasteiger partial charge in [0.1, 0.15) is 10.4 Å². The van der Waals surface area contributed by atoms with Gasteiger partial charge in [0.15, 0.2) is 0 Å². The van der Waals surface area contributed by atoms with Crippen molar-refractivity contribution in [1.82, 2.24) is 19.5 Å². The van der Waals surface area contributed by atoms with E-state index in [4.69, 9.17) is 0 Å². The normalized spacial score (nSPS) is 19.8. The monoisotopic (exact) mass is 400 g/mol. The molecule has 2 aliphatic heterocycles. The average molecular weight is 400 g/mol. The van der Waals surface area contributed by atoms with Crippen LogP contribution < -0.4 is 5.32 Å². The Hall–Kier alpha value is -2.78. The Labute approximate surface area is 163 Å². The molecule has 28 heavy (non-hydrogen) atoms. The van der Waals surface area contributed by atoms with Gasteiger partial charge in [-0.3, -0.25) is 14.7 Å². The lowest BCUT2D eigenvalue weighted by molar-refractivity contribution is -0.133. The van der Waals surface area contributed by atoms with Crippen molar-refractivity contribution in [1.29, 1.82) is 0 Å². The minimum absolute atomic E-state index is 0.124. The fraction of sp³-hybridized carbons (Fsp3) is 0.316.